The van der Waals surface area contributed by atoms with Gasteiger partial charge in [-0.2, -0.15) is 0 Å². The molecule has 0 atom stereocenters. The Bertz CT molecular complexity index is 656. The van der Waals surface area contributed by atoms with Crippen molar-refractivity contribution in [2.45, 2.75) is 0 Å². The predicted molar refractivity (Wildman–Crippen MR) is 80.0 cm³/mol. The monoisotopic (exact) mass is 312 g/mol. The first-order chi connectivity index (χ1) is 10.1. The lowest BCUT2D eigenvalue weighted by Gasteiger charge is -2.09. The van der Waals surface area contributed by atoms with Crippen LogP contribution in [0.3, 0.4) is 0 Å². The summed E-state index contributed by atoms with van der Waals surface area (Å²) in [5, 5.41) is 13.0. The molecule has 2 rings (SSSR count). The molecule has 0 aliphatic carbocycles. The molecule has 21 heavy (non-hydrogen) atoms. The van der Waals surface area contributed by atoms with Gasteiger partial charge in [0.05, 0.1) is 26.4 Å². The standard InChI is InChI=1S/C13H16N2O5S/c1-18-5-4-14-13-15-9-7(12(16)17)6-8(19-2)10(20-3)11(9)21-13/h6H,4-5H2,1-3H3,(H,14,15)(H,16,17). The van der Waals surface area contributed by atoms with Crippen LogP contribution in [0.25, 0.3) is 10.2 Å². The van der Waals surface area contributed by atoms with Crippen LogP contribution in [-0.2, 0) is 4.74 Å². The summed E-state index contributed by atoms with van der Waals surface area (Å²) < 4.78 is 16.1. The number of hydrogen-bond donors (Lipinski definition) is 2. The van der Waals surface area contributed by atoms with Gasteiger partial charge in [-0.05, 0) is 0 Å². The molecule has 0 spiro atoms. The van der Waals surface area contributed by atoms with Crippen molar-refractivity contribution in [3.05, 3.63) is 11.6 Å². The molecule has 7 nitrogen and oxygen atoms in total. The van der Waals surface area contributed by atoms with E-state index in [2.05, 4.69) is 10.3 Å². The van der Waals surface area contributed by atoms with E-state index in [4.69, 9.17) is 14.2 Å². The second-order valence-electron chi connectivity index (χ2n) is 4.08. The van der Waals surface area contributed by atoms with Crippen LogP contribution < -0.4 is 14.8 Å². The van der Waals surface area contributed by atoms with Crippen LogP contribution in [0.1, 0.15) is 10.4 Å². The molecular weight excluding hydrogens is 296 g/mol. The van der Waals surface area contributed by atoms with Gasteiger partial charge in [0, 0.05) is 19.7 Å². The summed E-state index contributed by atoms with van der Waals surface area (Å²) in [6, 6.07) is 1.42. The summed E-state index contributed by atoms with van der Waals surface area (Å²) in [5.74, 6) is -0.209. The minimum Gasteiger partial charge on any atom is -0.493 e. The van der Waals surface area contributed by atoms with Gasteiger partial charge in [-0.1, -0.05) is 11.3 Å². The van der Waals surface area contributed by atoms with Crippen LogP contribution in [-0.4, -0.2) is 50.5 Å². The molecule has 0 radical (unpaired) electrons. The third kappa shape index (κ3) is 3.01. The van der Waals surface area contributed by atoms with Gasteiger partial charge in [-0.3, -0.25) is 0 Å². The molecule has 0 saturated heterocycles. The average Bonchev–Trinajstić information content (AvgIpc) is 2.88. The Labute approximate surface area is 125 Å². The van der Waals surface area contributed by atoms with E-state index < -0.39 is 5.97 Å². The van der Waals surface area contributed by atoms with E-state index in [-0.39, 0.29) is 5.56 Å². The third-order valence-corrected chi connectivity index (χ3v) is 3.84. The zero-order valence-corrected chi connectivity index (χ0v) is 12.7. The lowest BCUT2D eigenvalue weighted by Crippen LogP contribution is -2.07. The van der Waals surface area contributed by atoms with Gasteiger partial charge in [0.1, 0.15) is 10.2 Å². The van der Waals surface area contributed by atoms with Crippen LogP contribution in [0.15, 0.2) is 6.07 Å². The maximum atomic E-state index is 11.4. The molecule has 114 valence electrons. The van der Waals surface area contributed by atoms with Crippen molar-refractivity contribution in [2.24, 2.45) is 0 Å². The van der Waals surface area contributed by atoms with Gasteiger partial charge in [-0.25, -0.2) is 9.78 Å². The van der Waals surface area contributed by atoms with E-state index in [9.17, 15) is 9.90 Å². The van der Waals surface area contributed by atoms with Crippen molar-refractivity contribution in [3.63, 3.8) is 0 Å². The molecule has 1 aromatic heterocycles. The molecule has 1 aromatic carbocycles. The summed E-state index contributed by atoms with van der Waals surface area (Å²) >= 11 is 1.31. The quantitative estimate of drug-likeness (QED) is 0.756. The van der Waals surface area contributed by atoms with Crippen LogP contribution in [0.2, 0.25) is 0 Å². The van der Waals surface area contributed by atoms with Crippen molar-refractivity contribution in [3.8, 4) is 11.5 Å². The number of carboxylic acids is 1. The van der Waals surface area contributed by atoms with Gasteiger partial charge in [0.2, 0.25) is 0 Å². The number of carbonyl (C=O) groups is 1. The van der Waals surface area contributed by atoms with Crippen molar-refractivity contribution in [1.82, 2.24) is 4.98 Å². The maximum Gasteiger partial charge on any atom is 0.338 e. The number of nitrogens with one attached hydrogen (secondary N) is 1. The highest BCUT2D eigenvalue weighted by atomic mass is 32.1. The Morgan fingerprint density at radius 2 is 2.14 bits per heavy atom. The number of anilines is 1. The van der Waals surface area contributed by atoms with Gasteiger partial charge in [-0.15, -0.1) is 0 Å². The largest absolute Gasteiger partial charge is 0.493 e. The van der Waals surface area contributed by atoms with Crippen molar-refractivity contribution < 1.29 is 24.1 Å². The average molecular weight is 312 g/mol. The second-order valence-corrected chi connectivity index (χ2v) is 5.08. The second kappa shape index (κ2) is 6.59. The first-order valence-corrected chi connectivity index (χ1v) is 6.95. The van der Waals surface area contributed by atoms with Crippen LogP contribution in [0, 0.1) is 0 Å². The van der Waals surface area contributed by atoms with Crippen LogP contribution in [0.5, 0.6) is 11.5 Å². The number of methoxy groups -OCH3 is 3. The molecule has 8 heteroatoms. The highest BCUT2D eigenvalue weighted by Crippen LogP contribution is 2.42. The molecule has 0 aliphatic heterocycles. The number of hydrogen-bond acceptors (Lipinski definition) is 7. The topological polar surface area (TPSA) is 89.9 Å². The summed E-state index contributed by atoms with van der Waals surface area (Å²) in [6.07, 6.45) is 0. The Morgan fingerprint density at radius 3 is 2.71 bits per heavy atom. The maximum absolute atomic E-state index is 11.4. The Morgan fingerprint density at radius 1 is 1.38 bits per heavy atom. The lowest BCUT2D eigenvalue weighted by molar-refractivity contribution is 0.0698. The van der Waals surface area contributed by atoms with E-state index in [0.29, 0.717) is 40.0 Å². The predicted octanol–water partition coefficient (Wildman–Crippen LogP) is 2.07. The first-order valence-electron chi connectivity index (χ1n) is 6.14. The van der Waals surface area contributed by atoms with E-state index in [1.807, 2.05) is 0 Å². The van der Waals surface area contributed by atoms with E-state index in [1.54, 1.807) is 7.11 Å². The SMILES string of the molecule is COCCNc1nc2c(C(=O)O)cc(OC)c(OC)c2s1. The Balaban J connectivity index is 2.55. The molecular formula is C13H16N2O5S. The molecule has 0 bridgehead atoms. The molecule has 0 saturated carbocycles. The zero-order valence-electron chi connectivity index (χ0n) is 11.9. The van der Waals surface area contributed by atoms with Crippen LogP contribution in [0.4, 0.5) is 5.13 Å². The number of thiazole rings is 1. The molecule has 2 aromatic rings. The molecule has 0 amide bonds. The van der Waals surface area contributed by atoms with Gasteiger partial charge < -0.3 is 24.6 Å². The number of carboxylic acid groups (broad SMARTS) is 1. The molecule has 2 N–H and O–H groups in total. The number of rotatable bonds is 7. The number of ether oxygens (including phenoxy) is 3. The van der Waals surface area contributed by atoms with Crippen molar-refractivity contribution >= 4 is 32.7 Å². The van der Waals surface area contributed by atoms with Gasteiger partial charge >= 0.3 is 5.97 Å². The fourth-order valence-electron chi connectivity index (χ4n) is 1.88. The fourth-order valence-corrected chi connectivity index (χ4v) is 2.91. The van der Waals surface area contributed by atoms with Crippen molar-refractivity contribution in [1.29, 1.82) is 0 Å². The third-order valence-electron chi connectivity index (χ3n) is 2.82. The zero-order chi connectivity index (χ0) is 15.4. The minimum atomic E-state index is -1.06. The highest BCUT2D eigenvalue weighted by Gasteiger charge is 2.21. The summed E-state index contributed by atoms with van der Waals surface area (Å²) in [5.41, 5.74) is 0.462. The summed E-state index contributed by atoms with van der Waals surface area (Å²) in [6.45, 7) is 1.11. The molecule has 0 unspecified atom stereocenters. The number of fused-ring (bicyclic) bond motifs is 1. The van der Waals surface area contributed by atoms with Crippen LogP contribution >= 0.6 is 11.3 Å². The first kappa shape index (κ1) is 15.3. The van der Waals surface area contributed by atoms with Gasteiger partial charge in [0.15, 0.2) is 16.6 Å². The summed E-state index contributed by atoms with van der Waals surface area (Å²) in [4.78, 5) is 15.7. The Kier molecular flexibility index (Phi) is 4.81. The summed E-state index contributed by atoms with van der Waals surface area (Å²) in [7, 11) is 4.58. The lowest BCUT2D eigenvalue weighted by atomic mass is 10.1. The van der Waals surface area contributed by atoms with E-state index in [0.717, 1.165) is 0 Å². The van der Waals surface area contributed by atoms with E-state index in [1.165, 1.54) is 31.6 Å². The molecule has 0 aliphatic rings. The minimum absolute atomic E-state index is 0.0821. The highest BCUT2D eigenvalue weighted by molar-refractivity contribution is 7.22. The Hall–Kier alpha value is -2.06. The normalized spacial score (nSPS) is 10.6. The number of nitrogens with zero attached hydrogens (tertiary/aromatic N) is 1. The fraction of sp³-hybridized carbons (Fsp3) is 0.385. The molecule has 1 heterocycles. The molecule has 0 fully saturated rings. The number of aromatic nitrogens is 1. The van der Waals surface area contributed by atoms with Gasteiger partial charge in [0.25, 0.3) is 0 Å². The smallest absolute Gasteiger partial charge is 0.338 e. The van der Waals surface area contributed by atoms with Crippen molar-refractivity contribution in [2.75, 3.05) is 39.8 Å². The number of aromatic carboxylic acids is 1. The van der Waals surface area contributed by atoms with E-state index >= 15 is 0 Å². The number of benzene rings is 1.